The van der Waals surface area contributed by atoms with Crippen molar-refractivity contribution in [3.05, 3.63) is 29.8 Å². The van der Waals surface area contributed by atoms with Gasteiger partial charge >= 0.3 is 0 Å². The van der Waals surface area contributed by atoms with E-state index in [0.717, 1.165) is 17.6 Å². The van der Waals surface area contributed by atoms with E-state index in [0.29, 0.717) is 6.61 Å². The van der Waals surface area contributed by atoms with Gasteiger partial charge in [0.25, 0.3) is 0 Å². The van der Waals surface area contributed by atoms with E-state index in [-0.39, 0.29) is 5.92 Å². The molecule has 1 atom stereocenters. The van der Waals surface area contributed by atoms with E-state index in [4.69, 9.17) is 4.74 Å². The van der Waals surface area contributed by atoms with Crippen LogP contribution in [0.2, 0.25) is 0 Å². The summed E-state index contributed by atoms with van der Waals surface area (Å²) in [6.45, 7) is 0.503. The Hall–Kier alpha value is -1.31. The molecule has 0 amide bonds. The van der Waals surface area contributed by atoms with Gasteiger partial charge in [-0.3, -0.25) is 0 Å². The molecule has 0 radical (unpaired) electrons. The van der Waals surface area contributed by atoms with Crippen molar-refractivity contribution in [3.8, 4) is 5.75 Å². The Morgan fingerprint density at radius 1 is 1.45 bits per heavy atom. The summed E-state index contributed by atoms with van der Waals surface area (Å²) in [7, 11) is 0. The van der Waals surface area contributed by atoms with E-state index in [1.54, 1.807) is 0 Å². The molecule has 11 heavy (non-hydrogen) atoms. The molecule has 2 rings (SSSR count). The molecule has 0 saturated carbocycles. The highest BCUT2D eigenvalue weighted by molar-refractivity contribution is 5.66. The maximum absolute atomic E-state index is 10.5. The molecule has 0 fully saturated rings. The number of carbonyl (C=O) groups excluding carboxylic acids is 1. The first-order valence-electron chi connectivity index (χ1n) is 3.59. The van der Waals surface area contributed by atoms with Crippen LogP contribution < -0.4 is 4.74 Å². The molecule has 0 spiro atoms. The van der Waals surface area contributed by atoms with E-state index in [2.05, 4.69) is 0 Å². The average Bonchev–Trinajstić information content (AvgIpc) is 2.47. The maximum Gasteiger partial charge on any atom is 0.131 e. The van der Waals surface area contributed by atoms with Gasteiger partial charge in [-0.2, -0.15) is 0 Å². The minimum absolute atomic E-state index is 0.0498. The van der Waals surface area contributed by atoms with Crippen LogP contribution in [-0.2, 0) is 4.79 Å². The number of hydrogen-bond acceptors (Lipinski definition) is 2. The zero-order chi connectivity index (χ0) is 7.68. The van der Waals surface area contributed by atoms with Crippen LogP contribution in [-0.4, -0.2) is 12.9 Å². The fourth-order valence-electron chi connectivity index (χ4n) is 1.30. The zero-order valence-corrected chi connectivity index (χ0v) is 5.99. The van der Waals surface area contributed by atoms with Crippen LogP contribution in [0, 0.1) is 0 Å². The standard InChI is InChI=1S/C9H8O2/c10-5-7-6-11-9-4-2-1-3-8(7)9/h1-5,7H,6H2/t7-/m1/s1. The summed E-state index contributed by atoms with van der Waals surface area (Å²) in [5.74, 6) is 0.802. The summed E-state index contributed by atoms with van der Waals surface area (Å²) in [4.78, 5) is 10.5. The van der Waals surface area contributed by atoms with Gasteiger partial charge in [-0.1, -0.05) is 18.2 Å². The molecule has 1 heterocycles. The number of ether oxygens (including phenoxy) is 1. The van der Waals surface area contributed by atoms with Crippen molar-refractivity contribution in [2.75, 3.05) is 6.61 Å². The second-order valence-corrected chi connectivity index (χ2v) is 2.59. The first-order chi connectivity index (χ1) is 5.42. The number of benzene rings is 1. The molecule has 1 aromatic rings. The smallest absolute Gasteiger partial charge is 0.131 e. The lowest BCUT2D eigenvalue weighted by atomic mass is 10.0. The van der Waals surface area contributed by atoms with Crippen molar-refractivity contribution >= 4 is 6.29 Å². The Kier molecular flexibility index (Phi) is 1.39. The highest BCUT2D eigenvalue weighted by Crippen LogP contribution is 2.31. The Balaban J connectivity index is 2.46. The van der Waals surface area contributed by atoms with Crippen LogP contribution in [0.3, 0.4) is 0 Å². The number of aldehydes is 1. The summed E-state index contributed by atoms with van der Waals surface area (Å²) < 4.78 is 5.27. The quantitative estimate of drug-likeness (QED) is 0.562. The van der Waals surface area contributed by atoms with E-state index in [1.807, 2.05) is 24.3 Å². The molecule has 0 bridgehead atoms. The molecule has 0 aliphatic carbocycles. The summed E-state index contributed by atoms with van der Waals surface area (Å²) in [5.41, 5.74) is 1.02. The second kappa shape index (κ2) is 2.38. The van der Waals surface area contributed by atoms with Gasteiger partial charge in [0.15, 0.2) is 0 Å². The Morgan fingerprint density at radius 2 is 2.27 bits per heavy atom. The molecular weight excluding hydrogens is 140 g/mol. The number of para-hydroxylation sites is 1. The van der Waals surface area contributed by atoms with E-state index < -0.39 is 0 Å². The Bertz CT molecular complexity index is 281. The first kappa shape index (κ1) is 6.40. The van der Waals surface area contributed by atoms with Crippen LogP contribution in [0.1, 0.15) is 11.5 Å². The first-order valence-corrected chi connectivity index (χ1v) is 3.59. The highest BCUT2D eigenvalue weighted by Gasteiger charge is 2.22. The molecule has 1 aliphatic heterocycles. The molecule has 56 valence electrons. The van der Waals surface area contributed by atoms with Crippen molar-refractivity contribution in [2.45, 2.75) is 5.92 Å². The molecule has 0 saturated heterocycles. The summed E-state index contributed by atoms with van der Waals surface area (Å²) in [5, 5.41) is 0. The van der Waals surface area contributed by atoms with Crippen molar-refractivity contribution in [2.24, 2.45) is 0 Å². The second-order valence-electron chi connectivity index (χ2n) is 2.59. The molecule has 0 unspecified atom stereocenters. The lowest BCUT2D eigenvalue weighted by Gasteiger charge is -1.95. The third-order valence-corrected chi connectivity index (χ3v) is 1.90. The lowest BCUT2D eigenvalue weighted by molar-refractivity contribution is -0.109. The number of hydrogen-bond donors (Lipinski definition) is 0. The van der Waals surface area contributed by atoms with Gasteiger partial charge in [0.1, 0.15) is 18.6 Å². The zero-order valence-electron chi connectivity index (χ0n) is 5.99. The topological polar surface area (TPSA) is 26.3 Å². The maximum atomic E-state index is 10.5. The SMILES string of the molecule is O=C[C@@H]1COc2ccccc21. The van der Waals surface area contributed by atoms with Gasteiger partial charge in [-0.25, -0.2) is 0 Å². The number of carbonyl (C=O) groups is 1. The number of rotatable bonds is 1. The Labute approximate surface area is 64.8 Å². The van der Waals surface area contributed by atoms with E-state index in [9.17, 15) is 4.79 Å². The molecule has 0 aromatic heterocycles. The van der Waals surface area contributed by atoms with Crippen molar-refractivity contribution in [3.63, 3.8) is 0 Å². The summed E-state index contributed by atoms with van der Waals surface area (Å²) in [6.07, 6.45) is 0.936. The minimum atomic E-state index is -0.0498. The van der Waals surface area contributed by atoms with Gasteiger partial charge in [-0.15, -0.1) is 0 Å². The number of fused-ring (bicyclic) bond motifs is 1. The summed E-state index contributed by atoms with van der Waals surface area (Å²) in [6, 6.07) is 7.65. The van der Waals surface area contributed by atoms with Gasteiger partial charge < -0.3 is 9.53 Å². The predicted octanol–water partition coefficient (Wildman–Crippen LogP) is 1.36. The van der Waals surface area contributed by atoms with Crippen LogP contribution >= 0.6 is 0 Å². The molecule has 0 N–H and O–H groups in total. The molecule has 2 heteroatoms. The van der Waals surface area contributed by atoms with Crippen LogP contribution in [0.15, 0.2) is 24.3 Å². The fourth-order valence-corrected chi connectivity index (χ4v) is 1.30. The molecule has 2 nitrogen and oxygen atoms in total. The highest BCUT2D eigenvalue weighted by atomic mass is 16.5. The van der Waals surface area contributed by atoms with Gasteiger partial charge in [0, 0.05) is 5.56 Å². The largest absolute Gasteiger partial charge is 0.492 e. The summed E-state index contributed by atoms with van der Waals surface area (Å²) >= 11 is 0. The van der Waals surface area contributed by atoms with E-state index >= 15 is 0 Å². The van der Waals surface area contributed by atoms with Gasteiger partial charge in [0.2, 0.25) is 0 Å². The molecule has 1 aromatic carbocycles. The third kappa shape index (κ3) is 0.909. The third-order valence-electron chi connectivity index (χ3n) is 1.90. The monoisotopic (exact) mass is 148 g/mol. The molecule has 1 aliphatic rings. The van der Waals surface area contributed by atoms with Crippen molar-refractivity contribution in [1.82, 2.24) is 0 Å². The minimum Gasteiger partial charge on any atom is -0.492 e. The Morgan fingerprint density at radius 3 is 3.09 bits per heavy atom. The van der Waals surface area contributed by atoms with Gasteiger partial charge in [0.05, 0.1) is 5.92 Å². The van der Waals surface area contributed by atoms with Crippen molar-refractivity contribution < 1.29 is 9.53 Å². The predicted molar refractivity (Wildman–Crippen MR) is 40.7 cm³/mol. The lowest BCUT2D eigenvalue weighted by Crippen LogP contribution is -2.00. The normalized spacial score (nSPS) is 20.5. The van der Waals surface area contributed by atoms with Crippen LogP contribution in [0.25, 0.3) is 0 Å². The average molecular weight is 148 g/mol. The fraction of sp³-hybridized carbons (Fsp3) is 0.222. The van der Waals surface area contributed by atoms with Crippen molar-refractivity contribution in [1.29, 1.82) is 0 Å². The van der Waals surface area contributed by atoms with Gasteiger partial charge in [-0.05, 0) is 6.07 Å². The van der Waals surface area contributed by atoms with E-state index in [1.165, 1.54) is 0 Å². The molecular formula is C9H8O2. The van der Waals surface area contributed by atoms with Crippen LogP contribution in [0.5, 0.6) is 5.75 Å². The van der Waals surface area contributed by atoms with Crippen LogP contribution in [0.4, 0.5) is 0 Å².